The average Bonchev–Trinajstić information content (AvgIpc) is 2.92. The number of hydrogen-bond donors (Lipinski definition) is 1. The number of anilines is 1. The second-order valence-electron chi connectivity index (χ2n) is 9.89. The lowest BCUT2D eigenvalue weighted by Gasteiger charge is -2.40. The number of carbonyl (C=O) groups is 2. The summed E-state index contributed by atoms with van der Waals surface area (Å²) in [6.45, 7) is 3.75. The number of aryl methyl sites for hydroxylation is 1. The third-order valence-corrected chi connectivity index (χ3v) is 9.14. The van der Waals surface area contributed by atoms with Crippen LogP contribution in [0.5, 0.6) is 0 Å². The Morgan fingerprint density at radius 2 is 1.74 bits per heavy atom. The molecule has 0 bridgehead atoms. The molecule has 0 radical (unpaired) electrons. The highest BCUT2D eigenvalue weighted by molar-refractivity contribution is 7.91. The van der Waals surface area contributed by atoms with E-state index in [1.807, 2.05) is 19.1 Å². The molecule has 9 nitrogen and oxygen atoms in total. The molecule has 2 heterocycles. The smallest absolute Gasteiger partial charge is 0.407 e. The molecule has 2 amide bonds. The Labute approximate surface area is 233 Å². The molecule has 0 atom stereocenters. The number of pyridine rings is 1. The molecule has 1 fully saturated rings. The van der Waals surface area contributed by atoms with E-state index >= 15 is 0 Å². The number of hydrogen-bond acceptors (Lipinski definition) is 6. The molecule has 4 rings (SSSR count). The lowest BCUT2D eigenvalue weighted by molar-refractivity contribution is -0.133. The first-order valence-corrected chi connectivity index (χ1v) is 14.9. The lowest BCUT2D eigenvalue weighted by Crippen LogP contribution is -2.50. The Morgan fingerprint density at radius 1 is 1.05 bits per heavy atom. The van der Waals surface area contributed by atoms with E-state index in [9.17, 15) is 23.1 Å². The second kappa shape index (κ2) is 12.2. The third kappa shape index (κ3) is 7.19. The number of carbonyl (C=O) groups excluding carboxylic acids is 1. The van der Waals surface area contributed by atoms with Gasteiger partial charge in [-0.05, 0) is 66.9 Å². The highest BCUT2D eigenvalue weighted by Gasteiger charge is 2.29. The van der Waals surface area contributed by atoms with Gasteiger partial charge in [-0.3, -0.25) is 9.78 Å². The number of carboxylic acid groups (broad SMARTS) is 1. The molecule has 39 heavy (non-hydrogen) atoms. The molecule has 1 aromatic heterocycles. The molecular weight excluding hydrogens is 540 g/mol. The van der Waals surface area contributed by atoms with Crippen LogP contribution in [0.3, 0.4) is 0 Å². The highest BCUT2D eigenvalue weighted by Crippen LogP contribution is 2.25. The van der Waals surface area contributed by atoms with Gasteiger partial charge in [0.15, 0.2) is 9.84 Å². The van der Waals surface area contributed by atoms with E-state index in [-0.39, 0.29) is 42.1 Å². The number of halogens is 1. The summed E-state index contributed by atoms with van der Waals surface area (Å²) in [5.41, 5.74) is 2.01. The summed E-state index contributed by atoms with van der Waals surface area (Å²) in [6, 6.07) is 14.0. The standard InChI is InChI=1S/C28H33ClN4O5S/c1-20-17-25(7-11-30-20)32-12-8-24(9-13-32)33(15-14-31(2)28(35)36)27(34)10-16-39(37,38)26-6-4-21-18-23(29)5-3-22(21)19-26/h3-7,11,17-19,24H,8-10,12-16H2,1-2H3,(H,35,36). The van der Waals surface area contributed by atoms with Crippen LogP contribution >= 0.6 is 11.6 Å². The molecule has 0 aliphatic carbocycles. The van der Waals surface area contributed by atoms with Crippen molar-refractivity contribution in [3.8, 4) is 0 Å². The van der Waals surface area contributed by atoms with E-state index in [4.69, 9.17) is 11.6 Å². The molecule has 1 N–H and O–H groups in total. The van der Waals surface area contributed by atoms with Gasteiger partial charge in [-0.15, -0.1) is 0 Å². The summed E-state index contributed by atoms with van der Waals surface area (Å²) in [7, 11) is -2.26. The average molecular weight is 573 g/mol. The molecule has 2 aromatic carbocycles. The summed E-state index contributed by atoms with van der Waals surface area (Å²) in [5.74, 6) is -0.617. The fraction of sp³-hybridized carbons (Fsp3) is 0.393. The van der Waals surface area contributed by atoms with Crippen LogP contribution in [0.25, 0.3) is 10.8 Å². The Hall–Kier alpha value is -3.37. The van der Waals surface area contributed by atoms with E-state index in [2.05, 4.69) is 9.88 Å². The largest absolute Gasteiger partial charge is 0.465 e. The second-order valence-corrected chi connectivity index (χ2v) is 12.4. The number of nitrogens with zero attached hydrogens (tertiary/aromatic N) is 4. The maximum atomic E-state index is 13.4. The third-order valence-electron chi connectivity index (χ3n) is 7.19. The monoisotopic (exact) mass is 572 g/mol. The summed E-state index contributed by atoms with van der Waals surface area (Å²) >= 11 is 6.03. The number of benzene rings is 2. The van der Waals surface area contributed by atoms with E-state index < -0.39 is 15.9 Å². The molecule has 1 aliphatic rings. The minimum Gasteiger partial charge on any atom is -0.465 e. The summed E-state index contributed by atoms with van der Waals surface area (Å²) in [4.78, 5) is 34.2. The van der Waals surface area contributed by atoms with E-state index in [0.717, 1.165) is 40.1 Å². The van der Waals surface area contributed by atoms with Crippen molar-refractivity contribution in [2.45, 2.75) is 37.1 Å². The fourth-order valence-corrected chi connectivity index (χ4v) is 6.34. The first-order chi connectivity index (χ1) is 18.5. The van der Waals surface area contributed by atoms with Crippen molar-refractivity contribution in [2.24, 2.45) is 0 Å². The predicted molar refractivity (Wildman–Crippen MR) is 152 cm³/mol. The van der Waals surface area contributed by atoms with Crippen molar-refractivity contribution in [1.82, 2.24) is 14.8 Å². The molecule has 11 heteroatoms. The number of piperidine rings is 1. The molecule has 0 spiro atoms. The fourth-order valence-electron chi connectivity index (χ4n) is 4.90. The lowest BCUT2D eigenvalue weighted by atomic mass is 10.0. The Kier molecular flexibility index (Phi) is 8.97. The summed E-state index contributed by atoms with van der Waals surface area (Å²) in [6.07, 6.45) is 1.92. The Balaban J connectivity index is 1.44. The van der Waals surface area contributed by atoms with Gasteiger partial charge < -0.3 is 19.8 Å². The first-order valence-electron chi connectivity index (χ1n) is 12.9. The van der Waals surface area contributed by atoms with Gasteiger partial charge >= 0.3 is 6.09 Å². The van der Waals surface area contributed by atoms with Gasteiger partial charge in [-0.2, -0.15) is 0 Å². The zero-order chi connectivity index (χ0) is 28.2. The van der Waals surface area contributed by atoms with Crippen LogP contribution in [0.1, 0.15) is 25.0 Å². The van der Waals surface area contributed by atoms with Crippen molar-refractivity contribution < 1.29 is 23.1 Å². The number of likely N-dealkylation sites (N-methyl/N-ethyl adjacent to an activating group) is 1. The van der Waals surface area contributed by atoms with Gasteiger partial charge in [0.05, 0.1) is 10.6 Å². The van der Waals surface area contributed by atoms with Crippen molar-refractivity contribution in [3.05, 3.63) is 65.4 Å². The van der Waals surface area contributed by atoms with Crippen LogP contribution in [-0.2, 0) is 14.6 Å². The number of sulfone groups is 1. The highest BCUT2D eigenvalue weighted by atomic mass is 35.5. The zero-order valence-electron chi connectivity index (χ0n) is 22.1. The first kappa shape index (κ1) is 28.6. The quantitative estimate of drug-likeness (QED) is 0.403. The topological polar surface area (TPSA) is 111 Å². The predicted octanol–water partition coefficient (Wildman–Crippen LogP) is 4.47. The normalized spacial score (nSPS) is 14.4. The van der Waals surface area contributed by atoms with Crippen LogP contribution < -0.4 is 4.90 Å². The molecule has 1 saturated heterocycles. The Bertz CT molecular complexity index is 1460. The van der Waals surface area contributed by atoms with Gasteiger partial charge in [-0.1, -0.05) is 23.7 Å². The van der Waals surface area contributed by atoms with E-state index in [1.54, 1.807) is 41.4 Å². The van der Waals surface area contributed by atoms with Crippen molar-refractivity contribution in [1.29, 1.82) is 0 Å². The number of aromatic nitrogens is 1. The molecule has 208 valence electrons. The number of fused-ring (bicyclic) bond motifs is 1. The minimum absolute atomic E-state index is 0.105. The summed E-state index contributed by atoms with van der Waals surface area (Å²) in [5, 5.41) is 11.4. The van der Waals surface area contributed by atoms with Gasteiger partial charge in [0.2, 0.25) is 5.91 Å². The minimum atomic E-state index is -3.71. The Morgan fingerprint density at radius 3 is 2.44 bits per heavy atom. The summed E-state index contributed by atoms with van der Waals surface area (Å²) < 4.78 is 26.3. The molecule has 1 aliphatic heterocycles. The van der Waals surface area contributed by atoms with Crippen LogP contribution in [0.15, 0.2) is 59.6 Å². The number of rotatable bonds is 9. The van der Waals surface area contributed by atoms with Gasteiger partial charge in [0.25, 0.3) is 0 Å². The zero-order valence-corrected chi connectivity index (χ0v) is 23.7. The van der Waals surface area contributed by atoms with Crippen LogP contribution in [0.4, 0.5) is 10.5 Å². The van der Waals surface area contributed by atoms with Gasteiger partial charge in [0.1, 0.15) is 0 Å². The van der Waals surface area contributed by atoms with Crippen molar-refractivity contribution in [2.75, 3.05) is 43.9 Å². The van der Waals surface area contributed by atoms with E-state index in [1.165, 1.54) is 13.1 Å². The van der Waals surface area contributed by atoms with E-state index in [0.29, 0.717) is 17.9 Å². The molecular formula is C28H33ClN4O5S. The number of amides is 2. The van der Waals surface area contributed by atoms with Crippen LogP contribution in [0, 0.1) is 6.92 Å². The maximum absolute atomic E-state index is 13.4. The SMILES string of the molecule is Cc1cc(N2CCC(N(CCN(C)C(=O)O)C(=O)CCS(=O)(=O)c3ccc4cc(Cl)ccc4c3)CC2)ccn1. The molecule has 0 saturated carbocycles. The molecule has 3 aromatic rings. The van der Waals surface area contributed by atoms with Crippen molar-refractivity contribution >= 4 is 49.9 Å². The van der Waals surface area contributed by atoms with Crippen molar-refractivity contribution in [3.63, 3.8) is 0 Å². The van der Waals surface area contributed by atoms with Crippen LogP contribution in [-0.4, -0.2) is 85.3 Å². The molecule has 0 unspecified atom stereocenters. The van der Waals surface area contributed by atoms with Gasteiger partial charge in [-0.25, -0.2) is 13.2 Å². The van der Waals surface area contributed by atoms with Crippen LogP contribution in [0.2, 0.25) is 5.02 Å². The maximum Gasteiger partial charge on any atom is 0.407 e. The van der Waals surface area contributed by atoms with Gasteiger partial charge in [0, 0.05) is 68.3 Å².